The van der Waals surface area contributed by atoms with Crippen molar-refractivity contribution >= 4 is 29.1 Å². The van der Waals surface area contributed by atoms with Crippen molar-refractivity contribution in [2.75, 3.05) is 17.2 Å². The van der Waals surface area contributed by atoms with Crippen molar-refractivity contribution in [3.05, 3.63) is 83.6 Å². The summed E-state index contributed by atoms with van der Waals surface area (Å²) in [4.78, 5) is 28.4. The van der Waals surface area contributed by atoms with Gasteiger partial charge in [0.1, 0.15) is 5.82 Å². The lowest BCUT2D eigenvalue weighted by atomic mass is 10.1. The lowest BCUT2D eigenvalue weighted by Gasteiger charge is -2.09. The second-order valence-corrected chi connectivity index (χ2v) is 6.36. The largest absolute Gasteiger partial charge is 0.462 e. The highest BCUT2D eigenvalue weighted by atomic mass is 16.5. The SMILES string of the molecule is CCOC(=O)c1ccc(Nc2ccc(C(=O)Nc3ccc(CC)cc3)cn2)cc1. The van der Waals surface area contributed by atoms with Crippen LogP contribution in [-0.2, 0) is 11.2 Å². The van der Waals surface area contributed by atoms with E-state index in [0.717, 1.165) is 17.8 Å². The number of esters is 1. The summed E-state index contributed by atoms with van der Waals surface area (Å²) >= 11 is 0. The van der Waals surface area contributed by atoms with Crippen LogP contribution in [0.5, 0.6) is 0 Å². The molecule has 1 aromatic heterocycles. The average Bonchev–Trinajstić information content (AvgIpc) is 2.75. The van der Waals surface area contributed by atoms with Crippen LogP contribution in [0.15, 0.2) is 66.9 Å². The number of carbonyl (C=O) groups excluding carboxylic acids is 2. The van der Waals surface area contributed by atoms with Gasteiger partial charge in [0.2, 0.25) is 0 Å². The maximum atomic E-state index is 12.4. The maximum absolute atomic E-state index is 12.4. The fourth-order valence-corrected chi connectivity index (χ4v) is 2.68. The van der Waals surface area contributed by atoms with Crippen LogP contribution in [0.1, 0.15) is 40.1 Å². The molecule has 0 aliphatic rings. The Kier molecular flexibility index (Phi) is 6.58. The third-order valence-electron chi connectivity index (χ3n) is 4.31. The molecule has 2 aromatic carbocycles. The number of anilines is 3. The van der Waals surface area contributed by atoms with Crippen LogP contribution >= 0.6 is 0 Å². The van der Waals surface area contributed by atoms with Crippen LogP contribution in [0, 0.1) is 0 Å². The molecule has 6 nitrogen and oxygen atoms in total. The van der Waals surface area contributed by atoms with E-state index in [1.54, 1.807) is 43.3 Å². The lowest BCUT2D eigenvalue weighted by molar-refractivity contribution is 0.0526. The number of nitrogens with one attached hydrogen (secondary N) is 2. The maximum Gasteiger partial charge on any atom is 0.338 e. The number of amides is 1. The molecule has 3 rings (SSSR count). The minimum atomic E-state index is -0.350. The lowest BCUT2D eigenvalue weighted by Crippen LogP contribution is -2.12. The number of rotatable bonds is 7. The summed E-state index contributed by atoms with van der Waals surface area (Å²) in [6, 6.07) is 18.1. The first-order valence-corrected chi connectivity index (χ1v) is 9.49. The Morgan fingerprint density at radius 1 is 0.862 bits per heavy atom. The zero-order valence-corrected chi connectivity index (χ0v) is 16.4. The number of pyridine rings is 1. The normalized spacial score (nSPS) is 10.3. The van der Waals surface area contributed by atoms with Crippen molar-refractivity contribution in [2.45, 2.75) is 20.3 Å². The fraction of sp³-hybridized carbons (Fsp3) is 0.174. The van der Waals surface area contributed by atoms with Crippen LogP contribution in [0.2, 0.25) is 0 Å². The number of ether oxygens (including phenoxy) is 1. The molecule has 0 unspecified atom stereocenters. The second-order valence-electron chi connectivity index (χ2n) is 6.36. The van der Waals surface area contributed by atoms with Crippen molar-refractivity contribution < 1.29 is 14.3 Å². The van der Waals surface area contributed by atoms with E-state index < -0.39 is 0 Å². The van der Waals surface area contributed by atoms with E-state index >= 15 is 0 Å². The van der Waals surface area contributed by atoms with E-state index in [4.69, 9.17) is 4.74 Å². The van der Waals surface area contributed by atoms with Crippen LogP contribution < -0.4 is 10.6 Å². The Balaban J connectivity index is 1.60. The minimum absolute atomic E-state index is 0.216. The van der Waals surface area contributed by atoms with Crippen molar-refractivity contribution in [1.29, 1.82) is 0 Å². The Morgan fingerprint density at radius 3 is 2.10 bits per heavy atom. The molecule has 2 N–H and O–H groups in total. The summed E-state index contributed by atoms with van der Waals surface area (Å²) in [6.07, 6.45) is 2.48. The van der Waals surface area contributed by atoms with E-state index in [-0.39, 0.29) is 11.9 Å². The smallest absolute Gasteiger partial charge is 0.338 e. The molecule has 1 amide bonds. The van der Waals surface area contributed by atoms with Gasteiger partial charge in [-0.15, -0.1) is 0 Å². The molecule has 0 fully saturated rings. The second kappa shape index (κ2) is 9.50. The zero-order chi connectivity index (χ0) is 20.6. The summed E-state index contributed by atoms with van der Waals surface area (Å²) in [5, 5.41) is 6.00. The topological polar surface area (TPSA) is 80.3 Å². The molecule has 0 saturated heterocycles. The Morgan fingerprint density at radius 2 is 1.52 bits per heavy atom. The van der Waals surface area contributed by atoms with Crippen molar-refractivity contribution in [3.63, 3.8) is 0 Å². The first-order valence-electron chi connectivity index (χ1n) is 9.49. The van der Waals surface area contributed by atoms with Gasteiger partial charge >= 0.3 is 5.97 Å². The summed E-state index contributed by atoms with van der Waals surface area (Å²) < 4.78 is 4.97. The molecular formula is C23H23N3O3. The Bertz CT molecular complexity index is 966. The van der Waals surface area contributed by atoms with Gasteiger partial charge in [-0.05, 0) is 67.4 Å². The molecule has 0 atom stereocenters. The van der Waals surface area contributed by atoms with Gasteiger partial charge in [-0.1, -0.05) is 19.1 Å². The standard InChI is InChI=1S/C23H23N3O3/c1-3-16-5-10-20(11-6-16)26-22(27)18-9-14-21(24-15-18)25-19-12-7-17(8-13-19)23(28)29-4-2/h5-15H,3-4H2,1-2H3,(H,24,25)(H,26,27). The number of aromatic nitrogens is 1. The highest BCUT2D eigenvalue weighted by molar-refractivity contribution is 6.04. The van der Waals surface area contributed by atoms with Crippen LogP contribution in [0.4, 0.5) is 17.2 Å². The third kappa shape index (κ3) is 5.42. The number of aryl methyl sites for hydroxylation is 1. The number of nitrogens with zero attached hydrogens (tertiary/aromatic N) is 1. The highest BCUT2D eigenvalue weighted by Gasteiger charge is 2.08. The molecule has 0 saturated carbocycles. The average molecular weight is 389 g/mol. The zero-order valence-electron chi connectivity index (χ0n) is 16.4. The predicted molar refractivity (Wildman–Crippen MR) is 114 cm³/mol. The minimum Gasteiger partial charge on any atom is -0.462 e. The molecule has 6 heteroatoms. The number of hydrogen-bond acceptors (Lipinski definition) is 5. The molecular weight excluding hydrogens is 366 g/mol. The monoisotopic (exact) mass is 389 g/mol. The van der Waals surface area contributed by atoms with Crippen molar-refractivity contribution in [3.8, 4) is 0 Å². The van der Waals surface area contributed by atoms with E-state index in [1.807, 2.05) is 24.3 Å². The molecule has 0 bridgehead atoms. The van der Waals surface area contributed by atoms with Crippen LogP contribution in [0.25, 0.3) is 0 Å². The van der Waals surface area contributed by atoms with Gasteiger partial charge in [-0.3, -0.25) is 4.79 Å². The van der Waals surface area contributed by atoms with E-state index in [0.29, 0.717) is 23.6 Å². The first kappa shape index (κ1) is 20.1. The summed E-state index contributed by atoms with van der Waals surface area (Å²) in [5.41, 5.74) is 3.70. The van der Waals surface area contributed by atoms with Gasteiger partial charge in [0.25, 0.3) is 5.91 Å². The Hall–Kier alpha value is -3.67. The fourth-order valence-electron chi connectivity index (χ4n) is 2.68. The molecule has 1 heterocycles. The molecule has 0 aliphatic heterocycles. The van der Waals surface area contributed by atoms with Crippen molar-refractivity contribution in [1.82, 2.24) is 4.98 Å². The van der Waals surface area contributed by atoms with Gasteiger partial charge in [-0.25, -0.2) is 9.78 Å². The number of hydrogen-bond donors (Lipinski definition) is 2. The van der Waals surface area contributed by atoms with Crippen LogP contribution in [0.3, 0.4) is 0 Å². The molecule has 0 aliphatic carbocycles. The van der Waals surface area contributed by atoms with Gasteiger partial charge in [0.05, 0.1) is 17.7 Å². The van der Waals surface area contributed by atoms with E-state index in [1.165, 1.54) is 11.8 Å². The van der Waals surface area contributed by atoms with Gasteiger partial charge in [0, 0.05) is 17.6 Å². The number of benzene rings is 2. The Labute approximate surface area is 169 Å². The summed E-state index contributed by atoms with van der Waals surface area (Å²) in [5.74, 6) is 0.0293. The van der Waals surface area contributed by atoms with E-state index in [9.17, 15) is 9.59 Å². The molecule has 148 valence electrons. The molecule has 29 heavy (non-hydrogen) atoms. The van der Waals surface area contributed by atoms with E-state index in [2.05, 4.69) is 22.5 Å². The number of carbonyl (C=O) groups is 2. The summed E-state index contributed by atoms with van der Waals surface area (Å²) in [7, 11) is 0. The van der Waals surface area contributed by atoms with Crippen LogP contribution in [-0.4, -0.2) is 23.5 Å². The molecule has 3 aromatic rings. The highest BCUT2D eigenvalue weighted by Crippen LogP contribution is 2.17. The molecule has 0 radical (unpaired) electrons. The summed E-state index contributed by atoms with van der Waals surface area (Å²) in [6.45, 7) is 4.20. The first-order chi connectivity index (χ1) is 14.1. The van der Waals surface area contributed by atoms with Gasteiger partial charge in [0.15, 0.2) is 0 Å². The quantitative estimate of drug-likeness (QED) is 0.567. The van der Waals surface area contributed by atoms with Crippen molar-refractivity contribution in [2.24, 2.45) is 0 Å². The van der Waals surface area contributed by atoms with Gasteiger partial charge in [-0.2, -0.15) is 0 Å². The molecule has 0 spiro atoms. The van der Waals surface area contributed by atoms with Gasteiger partial charge < -0.3 is 15.4 Å². The third-order valence-corrected chi connectivity index (χ3v) is 4.31. The predicted octanol–water partition coefficient (Wildman–Crippen LogP) is 4.82.